The fourth-order valence-electron chi connectivity index (χ4n) is 2.36. The van der Waals surface area contributed by atoms with Crippen LogP contribution in [0.5, 0.6) is 0 Å². The van der Waals surface area contributed by atoms with Gasteiger partial charge in [-0.25, -0.2) is 0 Å². The van der Waals surface area contributed by atoms with E-state index >= 15 is 0 Å². The van der Waals surface area contributed by atoms with Crippen molar-refractivity contribution in [2.45, 2.75) is 40.0 Å². The molecule has 2 aromatic rings. The molecule has 1 aromatic heterocycles. The van der Waals surface area contributed by atoms with Gasteiger partial charge in [-0.2, -0.15) is 0 Å². The van der Waals surface area contributed by atoms with E-state index in [1.54, 1.807) is 11.3 Å². The topological polar surface area (TPSA) is 23.5 Å². The van der Waals surface area contributed by atoms with Gasteiger partial charge in [0.15, 0.2) is 0 Å². The van der Waals surface area contributed by atoms with Crippen molar-refractivity contribution >= 4 is 11.3 Å². The van der Waals surface area contributed by atoms with Crippen molar-refractivity contribution in [3.8, 4) is 0 Å². The molecular formula is C17H23NOS. The van der Waals surface area contributed by atoms with Crippen LogP contribution in [0.15, 0.2) is 35.7 Å². The average Bonchev–Trinajstić information content (AvgIpc) is 2.77. The van der Waals surface area contributed by atoms with Crippen molar-refractivity contribution in [2.24, 2.45) is 0 Å². The Hall–Kier alpha value is -1.16. The molecule has 0 saturated heterocycles. The molecule has 0 bridgehead atoms. The minimum atomic E-state index is -0.306. The zero-order valence-corrected chi connectivity index (χ0v) is 13.3. The molecule has 1 atom stereocenters. The molecular weight excluding hydrogens is 266 g/mol. The summed E-state index contributed by atoms with van der Waals surface area (Å²) >= 11 is 1.80. The molecule has 0 spiro atoms. The van der Waals surface area contributed by atoms with Crippen LogP contribution in [0.1, 0.15) is 28.5 Å². The molecule has 1 aromatic carbocycles. The van der Waals surface area contributed by atoms with Gasteiger partial charge in [-0.3, -0.25) is 4.90 Å². The van der Waals surface area contributed by atoms with Crippen molar-refractivity contribution < 1.29 is 5.11 Å². The number of benzene rings is 1. The molecule has 0 amide bonds. The third-order valence-electron chi connectivity index (χ3n) is 3.51. The second-order valence-corrected chi connectivity index (χ2v) is 6.47. The average molecular weight is 289 g/mol. The zero-order chi connectivity index (χ0) is 14.5. The highest BCUT2D eigenvalue weighted by Crippen LogP contribution is 2.20. The SMILES string of the molecule is Cc1ccccc1CN(Cc1sccc1C)CC(C)O. The van der Waals surface area contributed by atoms with E-state index in [0.717, 1.165) is 13.1 Å². The highest BCUT2D eigenvalue weighted by Gasteiger charge is 2.13. The van der Waals surface area contributed by atoms with Crippen LogP contribution in [-0.4, -0.2) is 22.7 Å². The summed E-state index contributed by atoms with van der Waals surface area (Å²) in [5.74, 6) is 0. The Balaban J connectivity index is 2.12. The summed E-state index contributed by atoms with van der Waals surface area (Å²) in [4.78, 5) is 3.71. The van der Waals surface area contributed by atoms with E-state index in [-0.39, 0.29) is 6.10 Å². The van der Waals surface area contributed by atoms with E-state index in [4.69, 9.17) is 0 Å². The van der Waals surface area contributed by atoms with Gasteiger partial charge in [0.2, 0.25) is 0 Å². The highest BCUT2D eigenvalue weighted by molar-refractivity contribution is 7.10. The van der Waals surface area contributed by atoms with Crippen molar-refractivity contribution in [3.63, 3.8) is 0 Å². The number of hydrogen-bond acceptors (Lipinski definition) is 3. The largest absolute Gasteiger partial charge is 0.392 e. The number of aryl methyl sites for hydroxylation is 2. The van der Waals surface area contributed by atoms with Gasteiger partial charge in [0.1, 0.15) is 0 Å². The maximum Gasteiger partial charge on any atom is 0.0639 e. The summed E-state index contributed by atoms with van der Waals surface area (Å²) in [5.41, 5.74) is 3.99. The fraction of sp³-hybridized carbons (Fsp3) is 0.412. The van der Waals surface area contributed by atoms with Gasteiger partial charge in [0.25, 0.3) is 0 Å². The maximum atomic E-state index is 9.73. The summed E-state index contributed by atoms with van der Waals surface area (Å²) in [5, 5.41) is 11.9. The Kier molecular flexibility index (Phi) is 5.35. The Labute approximate surface area is 125 Å². The van der Waals surface area contributed by atoms with Gasteiger partial charge in [0.05, 0.1) is 6.10 Å². The van der Waals surface area contributed by atoms with Crippen LogP contribution in [0, 0.1) is 13.8 Å². The first-order valence-electron chi connectivity index (χ1n) is 7.04. The minimum absolute atomic E-state index is 0.306. The molecule has 20 heavy (non-hydrogen) atoms. The van der Waals surface area contributed by atoms with E-state index in [1.807, 2.05) is 6.92 Å². The lowest BCUT2D eigenvalue weighted by atomic mass is 10.1. The number of aliphatic hydroxyl groups excluding tert-OH is 1. The van der Waals surface area contributed by atoms with Crippen LogP contribution in [0.4, 0.5) is 0 Å². The van der Waals surface area contributed by atoms with Crippen LogP contribution in [0.25, 0.3) is 0 Å². The summed E-state index contributed by atoms with van der Waals surface area (Å²) < 4.78 is 0. The smallest absolute Gasteiger partial charge is 0.0639 e. The second-order valence-electron chi connectivity index (χ2n) is 5.47. The minimum Gasteiger partial charge on any atom is -0.392 e. The van der Waals surface area contributed by atoms with E-state index < -0.39 is 0 Å². The van der Waals surface area contributed by atoms with E-state index in [0.29, 0.717) is 6.54 Å². The molecule has 0 aliphatic heterocycles. The maximum absolute atomic E-state index is 9.73. The molecule has 1 unspecified atom stereocenters. The summed E-state index contributed by atoms with van der Waals surface area (Å²) in [6.07, 6.45) is -0.306. The second kappa shape index (κ2) is 7.02. The van der Waals surface area contributed by atoms with E-state index in [1.165, 1.54) is 21.6 Å². The molecule has 108 valence electrons. The van der Waals surface area contributed by atoms with Crippen LogP contribution in [0.2, 0.25) is 0 Å². The monoisotopic (exact) mass is 289 g/mol. The van der Waals surface area contributed by atoms with Gasteiger partial charge in [-0.05, 0) is 48.9 Å². The molecule has 2 nitrogen and oxygen atoms in total. The molecule has 0 fully saturated rings. The Bertz CT molecular complexity index is 547. The number of aliphatic hydroxyl groups is 1. The molecule has 0 saturated carbocycles. The first-order chi connectivity index (χ1) is 9.56. The third kappa shape index (κ3) is 4.17. The Morgan fingerprint density at radius 2 is 1.85 bits per heavy atom. The first-order valence-corrected chi connectivity index (χ1v) is 7.92. The van der Waals surface area contributed by atoms with Crippen molar-refractivity contribution in [1.82, 2.24) is 4.90 Å². The van der Waals surface area contributed by atoms with E-state index in [2.05, 4.69) is 54.5 Å². The van der Waals surface area contributed by atoms with Crippen LogP contribution < -0.4 is 0 Å². The van der Waals surface area contributed by atoms with Gasteiger partial charge in [0, 0.05) is 24.5 Å². The van der Waals surface area contributed by atoms with Gasteiger partial charge < -0.3 is 5.11 Å². The standard InChI is InChI=1S/C17H23NOS/c1-13-6-4-5-7-16(13)11-18(10-15(3)19)12-17-14(2)8-9-20-17/h4-9,15,19H,10-12H2,1-3H3. The molecule has 0 aliphatic carbocycles. The Morgan fingerprint density at radius 3 is 2.45 bits per heavy atom. The van der Waals surface area contributed by atoms with Gasteiger partial charge >= 0.3 is 0 Å². The molecule has 2 rings (SSSR count). The summed E-state index contributed by atoms with van der Waals surface area (Å²) in [7, 11) is 0. The normalized spacial score (nSPS) is 12.8. The Morgan fingerprint density at radius 1 is 1.10 bits per heavy atom. The molecule has 3 heteroatoms. The molecule has 1 heterocycles. The predicted octanol–water partition coefficient (Wildman–Crippen LogP) is 3.75. The first kappa shape index (κ1) is 15.2. The number of rotatable bonds is 6. The number of hydrogen-bond donors (Lipinski definition) is 1. The number of nitrogens with zero attached hydrogens (tertiary/aromatic N) is 1. The quantitative estimate of drug-likeness (QED) is 0.875. The van der Waals surface area contributed by atoms with Gasteiger partial charge in [-0.15, -0.1) is 11.3 Å². The van der Waals surface area contributed by atoms with Crippen molar-refractivity contribution in [1.29, 1.82) is 0 Å². The molecule has 0 radical (unpaired) electrons. The fourth-order valence-corrected chi connectivity index (χ4v) is 3.30. The lowest BCUT2D eigenvalue weighted by Crippen LogP contribution is -2.30. The zero-order valence-electron chi connectivity index (χ0n) is 12.5. The molecule has 0 aliphatic rings. The van der Waals surface area contributed by atoms with Crippen molar-refractivity contribution in [3.05, 3.63) is 57.3 Å². The lowest BCUT2D eigenvalue weighted by Gasteiger charge is -2.24. The van der Waals surface area contributed by atoms with Crippen molar-refractivity contribution in [2.75, 3.05) is 6.54 Å². The van der Waals surface area contributed by atoms with Crippen LogP contribution in [0.3, 0.4) is 0 Å². The molecule has 1 N–H and O–H groups in total. The van der Waals surface area contributed by atoms with Gasteiger partial charge in [-0.1, -0.05) is 24.3 Å². The predicted molar refractivity (Wildman–Crippen MR) is 86.0 cm³/mol. The summed E-state index contributed by atoms with van der Waals surface area (Å²) in [6, 6.07) is 10.6. The number of thiophene rings is 1. The van der Waals surface area contributed by atoms with E-state index in [9.17, 15) is 5.11 Å². The van der Waals surface area contributed by atoms with Crippen LogP contribution >= 0.6 is 11.3 Å². The lowest BCUT2D eigenvalue weighted by molar-refractivity contribution is 0.118. The third-order valence-corrected chi connectivity index (χ3v) is 4.52. The summed E-state index contributed by atoms with van der Waals surface area (Å²) in [6.45, 7) is 8.64. The highest BCUT2D eigenvalue weighted by atomic mass is 32.1. The van der Waals surface area contributed by atoms with Crippen LogP contribution in [-0.2, 0) is 13.1 Å².